The third kappa shape index (κ3) is 4.21. The van der Waals surface area contributed by atoms with Gasteiger partial charge in [-0.25, -0.2) is 18.2 Å². The smallest absolute Gasteiger partial charge is 0.304 e. The Morgan fingerprint density at radius 2 is 2.03 bits per heavy atom. The molecule has 1 atom stereocenters. The Kier molecular flexibility index (Phi) is 6.19. The molecular weight excluding hydrogens is 441 g/mol. The molecule has 32 heavy (non-hydrogen) atoms. The van der Waals surface area contributed by atoms with Crippen LogP contribution in [0.4, 0.5) is 18.9 Å². The number of aromatic nitrogens is 1. The van der Waals surface area contributed by atoms with Crippen molar-refractivity contribution >= 4 is 39.1 Å². The number of hydrogen-bond acceptors (Lipinski definition) is 4. The zero-order valence-corrected chi connectivity index (χ0v) is 18.1. The van der Waals surface area contributed by atoms with Crippen LogP contribution in [0.15, 0.2) is 24.3 Å². The summed E-state index contributed by atoms with van der Waals surface area (Å²) < 4.78 is 41.6. The second kappa shape index (κ2) is 8.90. The Bertz CT molecular complexity index is 1210. The lowest BCUT2D eigenvalue weighted by atomic mass is 9.88. The standard InChI is InChI=1S/C23H21F3N2O3S/c1-2-3-4-12-5-6-17-13(7-12)8-14(9-19(29)30)23(31)28(17)11-18-27-21-20(26)15(24)10-16(25)22(21)32-18/h5-7,10,14H,2-4,8-9,11H2,1H3,(H,29,30). The molecule has 0 saturated heterocycles. The van der Waals surface area contributed by atoms with Crippen LogP contribution in [-0.4, -0.2) is 22.0 Å². The first-order valence-electron chi connectivity index (χ1n) is 10.4. The van der Waals surface area contributed by atoms with Crippen LogP contribution in [0.1, 0.15) is 42.3 Å². The van der Waals surface area contributed by atoms with Gasteiger partial charge in [0.1, 0.15) is 16.3 Å². The average molecular weight is 462 g/mol. The van der Waals surface area contributed by atoms with E-state index < -0.39 is 34.9 Å². The maximum absolute atomic E-state index is 14.1. The lowest BCUT2D eigenvalue weighted by molar-refractivity contribution is -0.140. The number of amides is 1. The minimum atomic E-state index is -1.33. The van der Waals surface area contributed by atoms with Crippen molar-refractivity contribution in [3.05, 3.63) is 57.9 Å². The van der Waals surface area contributed by atoms with Gasteiger partial charge in [-0.15, -0.1) is 11.3 Å². The number of halogens is 3. The predicted octanol–water partition coefficient (Wildman–Crippen LogP) is 5.24. The van der Waals surface area contributed by atoms with Crippen LogP contribution in [0.3, 0.4) is 0 Å². The topological polar surface area (TPSA) is 70.5 Å². The van der Waals surface area contributed by atoms with Crippen molar-refractivity contribution in [1.82, 2.24) is 4.98 Å². The van der Waals surface area contributed by atoms with Gasteiger partial charge in [-0.3, -0.25) is 9.59 Å². The van der Waals surface area contributed by atoms with Gasteiger partial charge in [-0.05, 0) is 36.5 Å². The number of benzene rings is 2. The van der Waals surface area contributed by atoms with Gasteiger partial charge >= 0.3 is 5.97 Å². The summed E-state index contributed by atoms with van der Waals surface area (Å²) in [5, 5.41) is 9.49. The number of hydrogen-bond donors (Lipinski definition) is 1. The number of rotatable bonds is 7. The molecule has 2 aromatic carbocycles. The van der Waals surface area contributed by atoms with Gasteiger partial charge in [0.15, 0.2) is 11.6 Å². The molecule has 2 heterocycles. The van der Waals surface area contributed by atoms with Gasteiger partial charge in [0.05, 0.1) is 23.6 Å². The SMILES string of the molecule is CCCCc1ccc2c(c1)CC(CC(=O)O)C(=O)N2Cc1nc2c(F)c(F)cc(F)c2s1. The number of thiazole rings is 1. The summed E-state index contributed by atoms with van der Waals surface area (Å²) in [6, 6.07) is 6.22. The lowest BCUT2D eigenvalue weighted by Gasteiger charge is -2.33. The highest BCUT2D eigenvalue weighted by molar-refractivity contribution is 7.18. The van der Waals surface area contributed by atoms with Crippen LogP contribution >= 0.6 is 11.3 Å². The van der Waals surface area contributed by atoms with Crippen molar-refractivity contribution in [2.75, 3.05) is 4.90 Å². The van der Waals surface area contributed by atoms with Gasteiger partial charge < -0.3 is 10.0 Å². The van der Waals surface area contributed by atoms with Crippen molar-refractivity contribution in [3.63, 3.8) is 0 Å². The third-order valence-corrected chi connectivity index (χ3v) is 6.66. The first kappa shape index (κ1) is 22.3. The van der Waals surface area contributed by atoms with Crippen LogP contribution in [0, 0.1) is 23.4 Å². The quantitative estimate of drug-likeness (QED) is 0.488. The Morgan fingerprint density at radius 3 is 2.75 bits per heavy atom. The molecule has 3 aromatic rings. The molecule has 1 unspecified atom stereocenters. The minimum Gasteiger partial charge on any atom is -0.481 e. The summed E-state index contributed by atoms with van der Waals surface area (Å²) in [7, 11) is 0. The van der Waals surface area contributed by atoms with Crippen LogP contribution in [0.25, 0.3) is 10.2 Å². The highest BCUT2D eigenvalue weighted by Gasteiger charge is 2.35. The van der Waals surface area contributed by atoms with E-state index in [2.05, 4.69) is 11.9 Å². The van der Waals surface area contributed by atoms with Crippen molar-refractivity contribution in [1.29, 1.82) is 0 Å². The van der Waals surface area contributed by atoms with Crippen molar-refractivity contribution in [2.45, 2.75) is 45.6 Å². The minimum absolute atomic E-state index is 0.0872. The number of aryl methyl sites for hydroxylation is 1. The summed E-state index contributed by atoms with van der Waals surface area (Å²) in [5.41, 5.74) is 2.18. The fourth-order valence-electron chi connectivity index (χ4n) is 4.06. The molecule has 0 spiro atoms. The number of carboxylic acids is 1. The van der Waals surface area contributed by atoms with Crippen LogP contribution < -0.4 is 4.90 Å². The molecule has 0 radical (unpaired) electrons. The maximum Gasteiger partial charge on any atom is 0.304 e. The van der Waals surface area contributed by atoms with Crippen molar-refractivity contribution < 1.29 is 27.9 Å². The van der Waals surface area contributed by atoms with Crippen molar-refractivity contribution in [3.8, 4) is 0 Å². The zero-order valence-electron chi connectivity index (χ0n) is 17.3. The van der Waals surface area contributed by atoms with Crippen LogP contribution in [-0.2, 0) is 29.0 Å². The summed E-state index contributed by atoms with van der Waals surface area (Å²) in [6.07, 6.45) is 2.92. The number of fused-ring (bicyclic) bond motifs is 2. The Morgan fingerprint density at radius 1 is 1.25 bits per heavy atom. The van der Waals surface area contributed by atoms with E-state index >= 15 is 0 Å². The Labute approximate surface area is 186 Å². The molecule has 0 aliphatic carbocycles. The normalized spacial score (nSPS) is 15.9. The number of unbranched alkanes of at least 4 members (excludes halogenated alkanes) is 1. The first-order chi connectivity index (χ1) is 15.3. The molecule has 5 nitrogen and oxygen atoms in total. The van der Waals surface area contributed by atoms with E-state index in [-0.39, 0.29) is 28.6 Å². The Hall–Kier alpha value is -2.94. The third-order valence-electron chi connectivity index (χ3n) is 5.61. The lowest BCUT2D eigenvalue weighted by Crippen LogP contribution is -2.41. The summed E-state index contributed by atoms with van der Waals surface area (Å²) in [5.74, 6) is -5.69. The van der Waals surface area contributed by atoms with E-state index in [1.54, 1.807) is 0 Å². The summed E-state index contributed by atoms with van der Waals surface area (Å²) >= 11 is 0.844. The number of anilines is 1. The van der Waals surface area contributed by atoms with E-state index in [0.29, 0.717) is 18.2 Å². The fourth-order valence-corrected chi connectivity index (χ4v) is 5.01. The van der Waals surface area contributed by atoms with Gasteiger partial charge in [0, 0.05) is 11.8 Å². The van der Waals surface area contributed by atoms with Gasteiger partial charge in [-0.1, -0.05) is 25.5 Å². The molecule has 1 N–H and O–H groups in total. The van der Waals surface area contributed by atoms with Crippen LogP contribution in [0.2, 0.25) is 0 Å². The summed E-state index contributed by atoms with van der Waals surface area (Å²) in [6.45, 7) is 2.01. The maximum atomic E-state index is 14.1. The molecule has 1 amide bonds. The monoisotopic (exact) mass is 462 g/mol. The highest BCUT2D eigenvalue weighted by Crippen LogP contribution is 2.36. The molecule has 9 heteroatoms. The molecule has 0 bridgehead atoms. The number of carbonyl (C=O) groups excluding carboxylic acids is 1. The average Bonchev–Trinajstić information content (AvgIpc) is 3.18. The zero-order chi connectivity index (χ0) is 23.0. The van der Waals surface area contributed by atoms with E-state index in [4.69, 9.17) is 0 Å². The predicted molar refractivity (Wildman–Crippen MR) is 115 cm³/mol. The summed E-state index contributed by atoms with van der Waals surface area (Å²) in [4.78, 5) is 29.9. The number of nitrogens with zero attached hydrogens (tertiary/aromatic N) is 2. The molecule has 1 aliphatic heterocycles. The number of aliphatic carboxylic acids is 1. The largest absolute Gasteiger partial charge is 0.481 e. The molecule has 0 fully saturated rings. The van der Waals surface area contributed by atoms with E-state index in [1.165, 1.54) is 4.90 Å². The highest BCUT2D eigenvalue weighted by atomic mass is 32.1. The van der Waals surface area contributed by atoms with Gasteiger partial charge in [0.25, 0.3) is 0 Å². The molecule has 1 aromatic heterocycles. The Balaban J connectivity index is 1.72. The first-order valence-corrected chi connectivity index (χ1v) is 11.2. The van der Waals surface area contributed by atoms with Gasteiger partial charge in [-0.2, -0.15) is 0 Å². The van der Waals surface area contributed by atoms with E-state index in [1.807, 2.05) is 18.2 Å². The van der Waals surface area contributed by atoms with E-state index in [0.717, 1.165) is 41.7 Å². The molecule has 0 saturated carbocycles. The second-order valence-corrected chi connectivity index (χ2v) is 9.01. The second-order valence-electron chi connectivity index (χ2n) is 7.93. The fraction of sp³-hybridized carbons (Fsp3) is 0.348. The number of carbonyl (C=O) groups is 2. The van der Waals surface area contributed by atoms with Crippen LogP contribution in [0.5, 0.6) is 0 Å². The van der Waals surface area contributed by atoms with Crippen molar-refractivity contribution in [2.24, 2.45) is 5.92 Å². The van der Waals surface area contributed by atoms with Gasteiger partial charge in [0.2, 0.25) is 5.91 Å². The molecular formula is C23H21F3N2O3S. The molecule has 168 valence electrons. The molecule has 4 rings (SSSR count). The van der Waals surface area contributed by atoms with E-state index in [9.17, 15) is 27.9 Å². The molecule has 1 aliphatic rings. The number of carboxylic acid groups (broad SMARTS) is 1.